The number of para-hydroxylation sites is 2. The van der Waals surface area contributed by atoms with E-state index in [1.165, 1.54) is 0 Å². The molecule has 0 saturated carbocycles. The fourth-order valence-electron chi connectivity index (χ4n) is 3.26. The number of β-amino-alcohol motifs (C(OH)–C–C–N with tert-alkyl or cyclic N) is 1. The second-order valence-electron chi connectivity index (χ2n) is 6.19. The fourth-order valence-corrected chi connectivity index (χ4v) is 3.26. The Morgan fingerprint density at radius 1 is 1.39 bits per heavy atom. The molecular weight excluding hydrogens is 294 g/mol. The Hall–Kier alpha value is -1.92. The number of carbonyl (C=O) groups is 1. The molecule has 1 aromatic heterocycles. The lowest BCUT2D eigenvalue weighted by Crippen LogP contribution is -2.47. The Bertz CT molecular complexity index is 697. The minimum Gasteiger partial charge on any atom is -0.396 e. The summed E-state index contributed by atoms with van der Waals surface area (Å²) in [5.74, 6) is 0.828. The van der Waals surface area contributed by atoms with E-state index in [2.05, 4.69) is 9.55 Å². The van der Waals surface area contributed by atoms with Crippen LogP contribution in [0.5, 0.6) is 0 Å². The molecule has 0 unspecified atom stereocenters. The standard InChI is InChI=1S/C17H23N3O3/c1-12-18-14-4-2-3-5-15(14)20(12)9-7-17(23)19-8-6-13(11-21)16(22)10-19/h2-5,13,16,21-22H,6-11H2,1H3/t13-,16+/m0/s1. The molecule has 6 heteroatoms. The van der Waals surface area contributed by atoms with Gasteiger partial charge in [-0.1, -0.05) is 12.1 Å². The van der Waals surface area contributed by atoms with Gasteiger partial charge < -0.3 is 19.7 Å². The lowest BCUT2D eigenvalue weighted by Gasteiger charge is -2.35. The van der Waals surface area contributed by atoms with E-state index in [-0.39, 0.29) is 18.4 Å². The van der Waals surface area contributed by atoms with E-state index in [0.717, 1.165) is 16.9 Å². The van der Waals surface area contributed by atoms with Gasteiger partial charge in [-0.3, -0.25) is 4.79 Å². The smallest absolute Gasteiger partial charge is 0.224 e. The summed E-state index contributed by atoms with van der Waals surface area (Å²) >= 11 is 0. The molecule has 0 spiro atoms. The van der Waals surface area contributed by atoms with E-state index in [0.29, 0.717) is 32.5 Å². The molecule has 0 bridgehead atoms. The largest absolute Gasteiger partial charge is 0.396 e. The molecule has 2 N–H and O–H groups in total. The van der Waals surface area contributed by atoms with Gasteiger partial charge in [0.05, 0.1) is 17.1 Å². The summed E-state index contributed by atoms with van der Waals surface area (Å²) < 4.78 is 2.06. The number of likely N-dealkylation sites (tertiary alicyclic amines) is 1. The van der Waals surface area contributed by atoms with E-state index in [4.69, 9.17) is 0 Å². The van der Waals surface area contributed by atoms with Gasteiger partial charge in [0.1, 0.15) is 5.82 Å². The van der Waals surface area contributed by atoms with Crippen molar-refractivity contribution in [3.63, 3.8) is 0 Å². The zero-order chi connectivity index (χ0) is 16.4. The highest BCUT2D eigenvalue weighted by molar-refractivity contribution is 5.78. The molecule has 124 valence electrons. The first-order valence-corrected chi connectivity index (χ1v) is 8.08. The van der Waals surface area contributed by atoms with Gasteiger partial charge in [0.15, 0.2) is 0 Å². The van der Waals surface area contributed by atoms with Crippen LogP contribution in [-0.2, 0) is 11.3 Å². The molecule has 1 amide bonds. The summed E-state index contributed by atoms with van der Waals surface area (Å²) in [5, 5.41) is 19.1. The number of fused-ring (bicyclic) bond motifs is 1. The summed E-state index contributed by atoms with van der Waals surface area (Å²) in [6.07, 6.45) is 0.405. The van der Waals surface area contributed by atoms with Gasteiger partial charge in [0, 0.05) is 38.6 Å². The number of aliphatic hydroxyl groups is 2. The highest BCUT2D eigenvalue weighted by Gasteiger charge is 2.29. The van der Waals surface area contributed by atoms with Crippen LogP contribution in [0.25, 0.3) is 11.0 Å². The Balaban J connectivity index is 1.64. The average molecular weight is 317 g/mol. The number of aromatic nitrogens is 2. The Kier molecular flexibility index (Phi) is 4.63. The van der Waals surface area contributed by atoms with E-state index in [9.17, 15) is 15.0 Å². The quantitative estimate of drug-likeness (QED) is 0.879. The molecular formula is C17H23N3O3. The van der Waals surface area contributed by atoms with Crippen LogP contribution < -0.4 is 0 Å². The van der Waals surface area contributed by atoms with E-state index >= 15 is 0 Å². The Morgan fingerprint density at radius 2 is 2.17 bits per heavy atom. The van der Waals surface area contributed by atoms with Gasteiger partial charge in [-0.25, -0.2) is 4.98 Å². The number of benzene rings is 1. The first kappa shape index (κ1) is 16.0. The second kappa shape index (κ2) is 6.68. The van der Waals surface area contributed by atoms with Gasteiger partial charge in [-0.05, 0) is 25.5 Å². The predicted octanol–water partition coefficient (Wildman–Crippen LogP) is 0.937. The van der Waals surface area contributed by atoms with Gasteiger partial charge in [0.2, 0.25) is 5.91 Å². The molecule has 23 heavy (non-hydrogen) atoms. The predicted molar refractivity (Wildman–Crippen MR) is 86.9 cm³/mol. The first-order chi connectivity index (χ1) is 11.1. The number of rotatable bonds is 4. The van der Waals surface area contributed by atoms with Crippen molar-refractivity contribution in [1.29, 1.82) is 0 Å². The number of hydrogen-bond donors (Lipinski definition) is 2. The Labute approximate surface area is 135 Å². The number of aliphatic hydroxyl groups excluding tert-OH is 2. The maximum absolute atomic E-state index is 12.4. The van der Waals surface area contributed by atoms with Crippen molar-refractivity contribution in [3.8, 4) is 0 Å². The number of amides is 1. The average Bonchev–Trinajstić information content (AvgIpc) is 2.87. The number of carbonyl (C=O) groups excluding carboxylic acids is 1. The number of imidazole rings is 1. The molecule has 1 aliphatic rings. The van der Waals surface area contributed by atoms with Crippen LogP contribution in [-0.4, -0.2) is 56.4 Å². The van der Waals surface area contributed by atoms with Crippen LogP contribution in [0.15, 0.2) is 24.3 Å². The Morgan fingerprint density at radius 3 is 2.91 bits per heavy atom. The molecule has 2 atom stereocenters. The monoisotopic (exact) mass is 317 g/mol. The molecule has 1 aromatic carbocycles. The van der Waals surface area contributed by atoms with E-state index < -0.39 is 6.10 Å². The van der Waals surface area contributed by atoms with Crippen molar-refractivity contribution in [3.05, 3.63) is 30.1 Å². The molecule has 1 saturated heterocycles. The number of aryl methyl sites for hydroxylation is 2. The molecule has 6 nitrogen and oxygen atoms in total. The van der Waals surface area contributed by atoms with Gasteiger partial charge in [-0.15, -0.1) is 0 Å². The molecule has 0 aliphatic carbocycles. The first-order valence-electron chi connectivity index (χ1n) is 8.08. The summed E-state index contributed by atoms with van der Waals surface area (Å²) in [6.45, 7) is 3.42. The third kappa shape index (κ3) is 3.23. The van der Waals surface area contributed by atoms with Crippen LogP contribution >= 0.6 is 0 Å². The highest BCUT2D eigenvalue weighted by Crippen LogP contribution is 2.19. The minimum absolute atomic E-state index is 0.0244. The zero-order valence-electron chi connectivity index (χ0n) is 13.4. The minimum atomic E-state index is -0.631. The highest BCUT2D eigenvalue weighted by atomic mass is 16.3. The van der Waals surface area contributed by atoms with E-state index in [1.54, 1.807) is 4.90 Å². The van der Waals surface area contributed by atoms with Crippen molar-refractivity contribution < 1.29 is 15.0 Å². The maximum atomic E-state index is 12.4. The maximum Gasteiger partial charge on any atom is 0.224 e. The van der Waals surface area contributed by atoms with E-state index in [1.807, 2.05) is 31.2 Å². The molecule has 2 aromatic rings. The van der Waals surface area contributed by atoms with Crippen LogP contribution in [0.4, 0.5) is 0 Å². The lowest BCUT2D eigenvalue weighted by molar-refractivity contribution is -0.136. The van der Waals surface area contributed by atoms with Crippen molar-refractivity contribution in [1.82, 2.24) is 14.5 Å². The third-order valence-corrected chi connectivity index (χ3v) is 4.70. The zero-order valence-corrected chi connectivity index (χ0v) is 13.4. The number of nitrogens with zero attached hydrogens (tertiary/aromatic N) is 3. The summed E-state index contributed by atoms with van der Waals surface area (Å²) in [7, 11) is 0. The van der Waals surface area contributed by atoms with Gasteiger partial charge in [0.25, 0.3) is 0 Å². The van der Waals surface area contributed by atoms with Gasteiger partial charge in [-0.2, -0.15) is 0 Å². The van der Waals surface area contributed by atoms with Crippen molar-refractivity contribution in [2.75, 3.05) is 19.7 Å². The van der Waals surface area contributed by atoms with Crippen LogP contribution in [0.3, 0.4) is 0 Å². The lowest BCUT2D eigenvalue weighted by atomic mass is 9.94. The molecule has 2 heterocycles. The number of hydrogen-bond acceptors (Lipinski definition) is 4. The van der Waals surface area contributed by atoms with Crippen LogP contribution in [0, 0.1) is 12.8 Å². The summed E-state index contributed by atoms with van der Waals surface area (Å²) in [4.78, 5) is 18.6. The van der Waals surface area contributed by atoms with Crippen molar-refractivity contribution >= 4 is 16.9 Å². The fraction of sp³-hybridized carbons (Fsp3) is 0.529. The normalized spacial score (nSPS) is 21.8. The number of piperidine rings is 1. The van der Waals surface area contributed by atoms with Crippen molar-refractivity contribution in [2.45, 2.75) is 32.4 Å². The van der Waals surface area contributed by atoms with Crippen molar-refractivity contribution in [2.24, 2.45) is 5.92 Å². The summed E-state index contributed by atoms with van der Waals surface area (Å²) in [6, 6.07) is 7.90. The molecule has 3 rings (SSSR count). The van der Waals surface area contributed by atoms with Gasteiger partial charge >= 0.3 is 0 Å². The molecule has 1 fully saturated rings. The molecule has 1 aliphatic heterocycles. The van der Waals surface area contributed by atoms with Crippen LogP contribution in [0.2, 0.25) is 0 Å². The molecule has 0 radical (unpaired) electrons. The van der Waals surface area contributed by atoms with Crippen LogP contribution in [0.1, 0.15) is 18.7 Å². The summed E-state index contributed by atoms with van der Waals surface area (Å²) in [5.41, 5.74) is 1.98. The SMILES string of the molecule is Cc1nc2ccccc2n1CCC(=O)N1CC[C@@H](CO)[C@H](O)C1. The topological polar surface area (TPSA) is 78.6 Å². The second-order valence-corrected chi connectivity index (χ2v) is 6.19. The third-order valence-electron chi connectivity index (χ3n) is 4.70.